The average Bonchev–Trinajstić information content (AvgIpc) is 3.47. The highest BCUT2D eigenvalue weighted by molar-refractivity contribution is 5.98. The molecular formula is C24H33N3O4. The van der Waals surface area contributed by atoms with Crippen LogP contribution < -0.4 is 5.32 Å². The molecule has 3 amide bonds. The molecule has 4 rings (SSSR count). The fraction of sp³-hybridized carbons (Fsp3) is 0.625. The maximum Gasteiger partial charge on any atom is 0.256 e. The number of likely N-dealkylation sites (tertiary alicyclic amines) is 1. The first-order valence-corrected chi connectivity index (χ1v) is 11.3. The van der Waals surface area contributed by atoms with Gasteiger partial charge in [0.1, 0.15) is 11.8 Å². The van der Waals surface area contributed by atoms with Crippen LogP contribution in [0.4, 0.5) is 0 Å². The molecule has 1 saturated carbocycles. The van der Waals surface area contributed by atoms with E-state index in [2.05, 4.69) is 26.1 Å². The molecule has 1 aromatic rings. The van der Waals surface area contributed by atoms with Gasteiger partial charge in [0, 0.05) is 44.0 Å². The summed E-state index contributed by atoms with van der Waals surface area (Å²) in [6.45, 7) is 7.39. The molecule has 2 heterocycles. The summed E-state index contributed by atoms with van der Waals surface area (Å²) in [5.74, 6) is -0.206. The van der Waals surface area contributed by atoms with Crippen LogP contribution in [0.3, 0.4) is 0 Å². The van der Waals surface area contributed by atoms with Crippen LogP contribution in [0, 0.1) is 5.41 Å². The van der Waals surface area contributed by atoms with Crippen LogP contribution in [0.2, 0.25) is 0 Å². The van der Waals surface area contributed by atoms with E-state index in [0.717, 1.165) is 12.8 Å². The first kappa shape index (κ1) is 21.8. The third-order valence-electron chi connectivity index (χ3n) is 6.31. The van der Waals surface area contributed by atoms with Crippen LogP contribution in [-0.2, 0) is 14.3 Å². The van der Waals surface area contributed by atoms with E-state index in [-0.39, 0.29) is 35.8 Å². The molecule has 168 valence electrons. The fourth-order valence-electron chi connectivity index (χ4n) is 4.48. The van der Waals surface area contributed by atoms with Crippen molar-refractivity contribution < 1.29 is 19.1 Å². The Hall–Kier alpha value is -2.41. The Morgan fingerprint density at radius 3 is 2.32 bits per heavy atom. The predicted molar refractivity (Wildman–Crippen MR) is 116 cm³/mol. The lowest BCUT2D eigenvalue weighted by Crippen LogP contribution is -2.60. The van der Waals surface area contributed by atoms with Crippen molar-refractivity contribution >= 4 is 17.7 Å². The highest BCUT2D eigenvalue weighted by Crippen LogP contribution is 2.39. The van der Waals surface area contributed by atoms with Crippen LogP contribution >= 0.6 is 0 Å². The largest absolute Gasteiger partial charge is 0.353 e. The standard InChI is InChI=1S/C24H33N3O4/c1-23(2,3)15-20(28)26-13-11-24(12-14-26)27(22(30)17-7-5-4-6-8-17)19(16-31-24)21(29)25-18-9-10-18/h4-8,18-19H,9-16H2,1-3H3,(H,25,29)/t19-/m0/s1. The van der Waals surface area contributed by atoms with Crippen LogP contribution in [0.15, 0.2) is 30.3 Å². The Morgan fingerprint density at radius 1 is 1.10 bits per heavy atom. The van der Waals surface area contributed by atoms with Gasteiger partial charge in [-0.15, -0.1) is 0 Å². The Labute approximate surface area is 184 Å². The number of hydrogen-bond donors (Lipinski definition) is 1. The number of nitrogens with zero attached hydrogens (tertiary/aromatic N) is 2. The second-order valence-electron chi connectivity index (χ2n) is 10.2. The molecule has 2 aliphatic heterocycles. The molecular weight excluding hydrogens is 394 g/mol. The predicted octanol–water partition coefficient (Wildman–Crippen LogP) is 2.56. The summed E-state index contributed by atoms with van der Waals surface area (Å²) in [6, 6.07) is 8.62. The molecule has 3 aliphatic rings. The minimum Gasteiger partial charge on any atom is -0.353 e. The van der Waals surface area contributed by atoms with Crippen molar-refractivity contribution in [3.05, 3.63) is 35.9 Å². The molecule has 1 aromatic carbocycles. The van der Waals surface area contributed by atoms with E-state index in [4.69, 9.17) is 4.74 Å². The van der Waals surface area contributed by atoms with Crippen molar-refractivity contribution in [2.24, 2.45) is 5.41 Å². The maximum atomic E-state index is 13.5. The Bertz CT molecular complexity index is 836. The van der Waals surface area contributed by atoms with Gasteiger partial charge in [-0.3, -0.25) is 19.3 Å². The number of carbonyl (C=O) groups is 3. The van der Waals surface area contributed by atoms with E-state index in [1.54, 1.807) is 17.0 Å². The van der Waals surface area contributed by atoms with Crippen molar-refractivity contribution in [1.82, 2.24) is 15.1 Å². The summed E-state index contributed by atoms with van der Waals surface area (Å²) >= 11 is 0. The molecule has 1 atom stereocenters. The van der Waals surface area contributed by atoms with Crippen LogP contribution in [-0.4, -0.2) is 65.0 Å². The normalized spacial score (nSPS) is 23.1. The Kier molecular flexibility index (Phi) is 5.81. The summed E-state index contributed by atoms with van der Waals surface area (Å²) in [4.78, 5) is 42.7. The zero-order valence-electron chi connectivity index (χ0n) is 18.7. The summed E-state index contributed by atoms with van der Waals surface area (Å²) in [5.41, 5.74) is -0.378. The van der Waals surface area contributed by atoms with Crippen LogP contribution in [0.25, 0.3) is 0 Å². The first-order chi connectivity index (χ1) is 14.7. The highest BCUT2D eigenvalue weighted by Gasteiger charge is 2.54. The van der Waals surface area contributed by atoms with Gasteiger partial charge in [-0.25, -0.2) is 0 Å². The van der Waals surface area contributed by atoms with Crippen molar-refractivity contribution in [2.75, 3.05) is 19.7 Å². The Morgan fingerprint density at radius 2 is 1.74 bits per heavy atom. The van der Waals surface area contributed by atoms with E-state index in [0.29, 0.717) is 37.9 Å². The van der Waals surface area contributed by atoms with E-state index >= 15 is 0 Å². The zero-order valence-corrected chi connectivity index (χ0v) is 18.7. The van der Waals surface area contributed by atoms with E-state index < -0.39 is 11.8 Å². The molecule has 0 unspecified atom stereocenters. The number of amides is 3. The molecule has 31 heavy (non-hydrogen) atoms. The molecule has 0 radical (unpaired) electrons. The number of nitrogens with one attached hydrogen (secondary N) is 1. The highest BCUT2D eigenvalue weighted by atomic mass is 16.5. The number of ether oxygens (including phenoxy) is 1. The average molecular weight is 428 g/mol. The van der Waals surface area contributed by atoms with Gasteiger partial charge in [-0.05, 0) is 30.4 Å². The SMILES string of the molecule is CC(C)(C)CC(=O)N1CCC2(CC1)OC[C@@H](C(=O)NC1CC1)N2C(=O)c1ccccc1. The van der Waals surface area contributed by atoms with Gasteiger partial charge in [0.2, 0.25) is 11.8 Å². The number of hydrogen-bond acceptors (Lipinski definition) is 4. The second-order valence-corrected chi connectivity index (χ2v) is 10.2. The van der Waals surface area contributed by atoms with Crippen molar-refractivity contribution in [3.8, 4) is 0 Å². The number of piperidine rings is 1. The van der Waals surface area contributed by atoms with Crippen LogP contribution in [0.1, 0.15) is 63.2 Å². The third kappa shape index (κ3) is 4.76. The smallest absolute Gasteiger partial charge is 0.256 e. The van der Waals surface area contributed by atoms with Crippen molar-refractivity contribution in [2.45, 2.75) is 70.7 Å². The molecule has 0 aromatic heterocycles. The summed E-state index contributed by atoms with van der Waals surface area (Å²) in [6.07, 6.45) is 3.48. The van der Waals surface area contributed by atoms with Gasteiger partial charge >= 0.3 is 0 Å². The monoisotopic (exact) mass is 427 g/mol. The van der Waals surface area contributed by atoms with Gasteiger partial charge in [0.15, 0.2) is 0 Å². The molecule has 7 heteroatoms. The van der Waals surface area contributed by atoms with Gasteiger partial charge in [-0.2, -0.15) is 0 Å². The van der Waals surface area contributed by atoms with Gasteiger partial charge in [0.05, 0.1) is 6.61 Å². The lowest BCUT2D eigenvalue weighted by atomic mass is 9.90. The Balaban J connectivity index is 1.53. The number of rotatable bonds is 4. The number of carbonyl (C=O) groups excluding carboxylic acids is 3. The zero-order chi connectivity index (χ0) is 22.2. The topological polar surface area (TPSA) is 79.0 Å². The minimum atomic E-state index is -0.850. The van der Waals surface area contributed by atoms with Gasteiger partial charge in [0.25, 0.3) is 5.91 Å². The van der Waals surface area contributed by atoms with E-state index in [9.17, 15) is 14.4 Å². The first-order valence-electron chi connectivity index (χ1n) is 11.3. The summed E-state index contributed by atoms with van der Waals surface area (Å²) in [7, 11) is 0. The quantitative estimate of drug-likeness (QED) is 0.801. The lowest BCUT2D eigenvalue weighted by molar-refractivity contribution is -0.145. The van der Waals surface area contributed by atoms with Gasteiger partial charge < -0.3 is 15.0 Å². The second kappa shape index (κ2) is 8.26. The third-order valence-corrected chi connectivity index (χ3v) is 6.31. The lowest BCUT2D eigenvalue weighted by Gasteiger charge is -2.44. The molecule has 1 spiro atoms. The number of benzene rings is 1. The van der Waals surface area contributed by atoms with E-state index in [1.807, 2.05) is 23.1 Å². The maximum absolute atomic E-state index is 13.5. The molecule has 2 saturated heterocycles. The van der Waals surface area contributed by atoms with Crippen molar-refractivity contribution in [3.63, 3.8) is 0 Å². The van der Waals surface area contributed by atoms with Crippen molar-refractivity contribution in [1.29, 1.82) is 0 Å². The molecule has 3 fully saturated rings. The molecule has 1 aliphatic carbocycles. The minimum absolute atomic E-state index is 0.0720. The van der Waals surface area contributed by atoms with Crippen LogP contribution in [0.5, 0.6) is 0 Å². The summed E-state index contributed by atoms with van der Waals surface area (Å²) in [5, 5.41) is 3.03. The molecule has 7 nitrogen and oxygen atoms in total. The van der Waals surface area contributed by atoms with E-state index in [1.165, 1.54) is 0 Å². The molecule has 1 N–H and O–H groups in total. The fourth-order valence-corrected chi connectivity index (χ4v) is 4.48. The molecule has 0 bridgehead atoms. The van der Waals surface area contributed by atoms with Gasteiger partial charge in [-0.1, -0.05) is 39.0 Å². The summed E-state index contributed by atoms with van der Waals surface area (Å²) < 4.78 is 6.21.